The average Bonchev–Trinajstić information content (AvgIpc) is 3.20. The van der Waals surface area contributed by atoms with Crippen molar-refractivity contribution in [2.75, 3.05) is 0 Å². The second kappa shape index (κ2) is 7.67. The standard InChI is InChI=1S/C19H21NO6S/c21-17(18(22)20-23)19(12-4-5-13-19)27(24,25)16-10-8-15(9-11-16)26-14-6-2-1-3-7-14/h1-3,6-11,17,21,23H,4-5,12-13H2,(H,20,22). The van der Waals surface area contributed by atoms with E-state index in [1.165, 1.54) is 29.7 Å². The Bertz CT molecular complexity index is 890. The number of hydrogen-bond acceptors (Lipinski definition) is 6. The first-order valence-corrected chi connectivity index (χ1v) is 10.1. The number of nitrogens with one attached hydrogen (secondary N) is 1. The normalized spacial score (nSPS) is 17.3. The molecule has 3 N–H and O–H groups in total. The fraction of sp³-hybridized carbons (Fsp3) is 0.316. The van der Waals surface area contributed by atoms with Crippen molar-refractivity contribution < 1.29 is 28.3 Å². The zero-order chi connectivity index (χ0) is 19.5. The Morgan fingerprint density at radius 3 is 2.11 bits per heavy atom. The molecule has 7 nitrogen and oxygen atoms in total. The second-order valence-corrected chi connectivity index (χ2v) is 8.83. The second-order valence-electron chi connectivity index (χ2n) is 6.54. The highest BCUT2D eigenvalue weighted by atomic mass is 32.2. The van der Waals surface area contributed by atoms with Crippen molar-refractivity contribution in [1.82, 2.24) is 5.48 Å². The number of carbonyl (C=O) groups excluding carboxylic acids is 1. The van der Waals surface area contributed by atoms with Gasteiger partial charge in [-0.1, -0.05) is 31.0 Å². The molecule has 27 heavy (non-hydrogen) atoms. The molecule has 0 heterocycles. The smallest absolute Gasteiger partial charge is 0.273 e. The number of para-hydroxylation sites is 1. The minimum atomic E-state index is -4.02. The summed E-state index contributed by atoms with van der Waals surface area (Å²) in [4.78, 5) is 11.7. The Morgan fingerprint density at radius 2 is 1.56 bits per heavy atom. The van der Waals surface area contributed by atoms with Gasteiger partial charge in [0, 0.05) is 0 Å². The van der Waals surface area contributed by atoms with Crippen LogP contribution in [-0.4, -0.2) is 35.5 Å². The summed E-state index contributed by atoms with van der Waals surface area (Å²) in [7, 11) is -4.02. The highest BCUT2D eigenvalue weighted by molar-refractivity contribution is 7.93. The average molecular weight is 391 g/mol. The van der Waals surface area contributed by atoms with Crippen LogP contribution in [0.25, 0.3) is 0 Å². The van der Waals surface area contributed by atoms with E-state index in [9.17, 15) is 18.3 Å². The topological polar surface area (TPSA) is 113 Å². The lowest BCUT2D eigenvalue weighted by molar-refractivity contribution is -0.139. The first kappa shape index (κ1) is 19.3. The Labute approximate surface area is 157 Å². The fourth-order valence-electron chi connectivity index (χ4n) is 3.51. The van der Waals surface area contributed by atoms with Crippen LogP contribution in [0.3, 0.4) is 0 Å². The zero-order valence-electron chi connectivity index (χ0n) is 14.5. The van der Waals surface area contributed by atoms with Gasteiger partial charge in [-0.25, -0.2) is 13.9 Å². The van der Waals surface area contributed by atoms with E-state index in [1.807, 2.05) is 18.2 Å². The third-order valence-electron chi connectivity index (χ3n) is 4.95. The maximum atomic E-state index is 13.2. The number of carbonyl (C=O) groups is 1. The molecule has 1 aliphatic rings. The molecule has 2 aromatic carbocycles. The highest BCUT2D eigenvalue weighted by Gasteiger charge is 2.54. The van der Waals surface area contributed by atoms with Crippen molar-refractivity contribution in [3.8, 4) is 11.5 Å². The molecule has 0 bridgehead atoms. The molecule has 144 valence electrons. The molecule has 0 aliphatic heterocycles. The number of aliphatic hydroxyl groups is 1. The van der Waals surface area contributed by atoms with Gasteiger partial charge in [0.1, 0.15) is 16.2 Å². The number of sulfone groups is 1. The van der Waals surface area contributed by atoms with Gasteiger partial charge >= 0.3 is 0 Å². The molecule has 0 radical (unpaired) electrons. The summed E-state index contributed by atoms with van der Waals surface area (Å²) < 4.78 is 30.5. The summed E-state index contributed by atoms with van der Waals surface area (Å²) in [6.07, 6.45) is -0.414. The third-order valence-corrected chi connectivity index (χ3v) is 7.55. The van der Waals surface area contributed by atoms with Crippen molar-refractivity contribution in [2.24, 2.45) is 0 Å². The van der Waals surface area contributed by atoms with Gasteiger partial charge < -0.3 is 9.84 Å². The molecular weight excluding hydrogens is 370 g/mol. The predicted molar refractivity (Wildman–Crippen MR) is 97.3 cm³/mol. The van der Waals surface area contributed by atoms with Crippen LogP contribution in [0.15, 0.2) is 59.5 Å². The van der Waals surface area contributed by atoms with Crippen LogP contribution in [0.2, 0.25) is 0 Å². The van der Waals surface area contributed by atoms with Crippen LogP contribution in [-0.2, 0) is 14.6 Å². The molecular formula is C19H21NO6S. The molecule has 1 fully saturated rings. The Kier molecular flexibility index (Phi) is 5.50. The van der Waals surface area contributed by atoms with Gasteiger partial charge in [-0.05, 0) is 49.2 Å². The molecule has 0 aromatic heterocycles. The first-order chi connectivity index (χ1) is 12.9. The van der Waals surface area contributed by atoms with Gasteiger partial charge in [0.2, 0.25) is 0 Å². The van der Waals surface area contributed by atoms with E-state index in [0.29, 0.717) is 24.3 Å². The molecule has 1 amide bonds. The van der Waals surface area contributed by atoms with Gasteiger partial charge in [-0.2, -0.15) is 0 Å². The van der Waals surface area contributed by atoms with Crippen LogP contribution in [0.4, 0.5) is 0 Å². The molecule has 1 saturated carbocycles. The lowest BCUT2D eigenvalue weighted by Gasteiger charge is -2.32. The summed E-state index contributed by atoms with van der Waals surface area (Å²) in [5, 5.41) is 19.2. The molecule has 1 atom stereocenters. The van der Waals surface area contributed by atoms with E-state index in [4.69, 9.17) is 9.94 Å². The van der Waals surface area contributed by atoms with Crippen molar-refractivity contribution in [3.63, 3.8) is 0 Å². The third kappa shape index (κ3) is 3.55. The summed E-state index contributed by atoms with van der Waals surface area (Å²) in [5.41, 5.74) is 1.35. The summed E-state index contributed by atoms with van der Waals surface area (Å²) in [5.74, 6) is -0.0332. The van der Waals surface area contributed by atoms with Crippen LogP contribution in [0.1, 0.15) is 25.7 Å². The number of hydroxylamine groups is 1. The number of ether oxygens (including phenoxy) is 1. The summed E-state index contributed by atoms with van der Waals surface area (Å²) in [6, 6.07) is 14.9. The lowest BCUT2D eigenvalue weighted by atomic mass is 9.99. The number of amides is 1. The largest absolute Gasteiger partial charge is 0.457 e. The van der Waals surface area contributed by atoms with E-state index in [2.05, 4.69) is 0 Å². The maximum Gasteiger partial charge on any atom is 0.273 e. The number of benzene rings is 2. The zero-order valence-corrected chi connectivity index (χ0v) is 15.4. The Balaban J connectivity index is 1.90. The summed E-state index contributed by atoms with van der Waals surface area (Å²) >= 11 is 0. The Hall–Kier alpha value is -2.42. The van der Waals surface area contributed by atoms with Gasteiger partial charge in [0.05, 0.1) is 4.90 Å². The molecule has 1 unspecified atom stereocenters. The van der Waals surface area contributed by atoms with Crippen molar-refractivity contribution in [2.45, 2.75) is 41.4 Å². The minimum absolute atomic E-state index is 0.00500. The lowest BCUT2D eigenvalue weighted by Crippen LogP contribution is -2.54. The molecule has 0 spiro atoms. The maximum absolute atomic E-state index is 13.2. The molecule has 1 aliphatic carbocycles. The predicted octanol–water partition coefficient (Wildman–Crippen LogP) is 2.43. The van der Waals surface area contributed by atoms with Gasteiger partial charge in [0.25, 0.3) is 5.91 Å². The summed E-state index contributed by atoms with van der Waals surface area (Å²) in [6.45, 7) is 0. The number of aliphatic hydroxyl groups excluding tert-OH is 1. The molecule has 8 heteroatoms. The van der Waals surface area contributed by atoms with Crippen molar-refractivity contribution in [3.05, 3.63) is 54.6 Å². The van der Waals surface area contributed by atoms with E-state index in [1.54, 1.807) is 12.1 Å². The Morgan fingerprint density at radius 1 is 1.00 bits per heavy atom. The SMILES string of the molecule is O=C(NO)C(O)C1(S(=O)(=O)c2ccc(Oc3ccccc3)cc2)CCCC1. The van der Waals surface area contributed by atoms with Crippen molar-refractivity contribution >= 4 is 15.7 Å². The monoisotopic (exact) mass is 391 g/mol. The van der Waals surface area contributed by atoms with E-state index in [0.717, 1.165) is 0 Å². The van der Waals surface area contributed by atoms with E-state index >= 15 is 0 Å². The number of hydrogen-bond donors (Lipinski definition) is 3. The molecule has 3 rings (SSSR count). The van der Waals surface area contributed by atoms with Crippen molar-refractivity contribution in [1.29, 1.82) is 0 Å². The van der Waals surface area contributed by atoms with E-state index in [-0.39, 0.29) is 17.7 Å². The van der Waals surface area contributed by atoms with Gasteiger partial charge in [0.15, 0.2) is 15.9 Å². The first-order valence-electron chi connectivity index (χ1n) is 8.60. The van der Waals surface area contributed by atoms with Crippen LogP contribution in [0, 0.1) is 0 Å². The number of rotatable bonds is 6. The van der Waals surface area contributed by atoms with Gasteiger partial charge in [-0.3, -0.25) is 10.0 Å². The highest BCUT2D eigenvalue weighted by Crippen LogP contribution is 2.43. The minimum Gasteiger partial charge on any atom is -0.457 e. The molecule has 2 aromatic rings. The van der Waals surface area contributed by atoms with Crippen LogP contribution in [0.5, 0.6) is 11.5 Å². The van der Waals surface area contributed by atoms with Gasteiger partial charge in [-0.15, -0.1) is 0 Å². The fourth-order valence-corrected chi connectivity index (χ4v) is 5.70. The molecule has 0 saturated heterocycles. The van der Waals surface area contributed by atoms with E-state index < -0.39 is 26.6 Å². The quantitative estimate of drug-likeness (QED) is 0.515. The van der Waals surface area contributed by atoms with Crippen LogP contribution < -0.4 is 10.2 Å². The van der Waals surface area contributed by atoms with Crippen LogP contribution >= 0.6 is 0 Å².